The molecular weight excluding hydrogens is 312 g/mol. The van der Waals surface area contributed by atoms with E-state index in [2.05, 4.69) is 38.8 Å². The molecule has 0 fully saturated rings. The van der Waals surface area contributed by atoms with Crippen molar-refractivity contribution in [3.63, 3.8) is 0 Å². The zero-order valence-electron chi connectivity index (χ0n) is 7.98. The maximum Gasteiger partial charge on any atom is 0.336 e. The van der Waals surface area contributed by atoms with Crippen LogP contribution in [0.3, 0.4) is 0 Å². The van der Waals surface area contributed by atoms with Crippen LogP contribution in [0.25, 0.3) is 0 Å². The molecule has 0 aromatic rings. The van der Waals surface area contributed by atoms with Crippen LogP contribution in [0.4, 0.5) is 0 Å². The Morgan fingerprint density at radius 1 is 1.43 bits per heavy atom. The molecule has 1 rings (SSSR count). The summed E-state index contributed by atoms with van der Waals surface area (Å²) >= 11 is 6.51. The summed E-state index contributed by atoms with van der Waals surface area (Å²) in [5, 5.41) is 0. The average Bonchev–Trinajstić information content (AvgIpc) is 2.47. The third-order valence-electron chi connectivity index (χ3n) is 2.01. The van der Waals surface area contributed by atoms with Gasteiger partial charge in [-0.3, -0.25) is 0 Å². The van der Waals surface area contributed by atoms with E-state index in [0.29, 0.717) is 9.15 Å². The third kappa shape index (κ3) is 3.24. The van der Waals surface area contributed by atoms with Crippen LogP contribution in [0.2, 0.25) is 0 Å². The highest BCUT2D eigenvalue weighted by Gasteiger charge is 2.21. The lowest BCUT2D eigenvalue weighted by Gasteiger charge is -2.03. The summed E-state index contributed by atoms with van der Waals surface area (Å²) in [4.78, 5) is 11.0. The number of unbranched alkanes of at least 4 members (excludes halogenated alkanes) is 2. The molecule has 0 radical (unpaired) electrons. The number of hydrogen-bond acceptors (Lipinski definition) is 2. The SMILES string of the molecule is CCCCCC1=CC(=O)OC1=C(Br)Br. The van der Waals surface area contributed by atoms with Crippen LogP contribution in [0.5, 0.6) is 0 Å². The van der Waals surface area contributed by atoms with Crippen molar-refractivity contribution < 1.29 is 9.53 Å². The molecule has 0 spiro atoms. The van der Waals surface area contributed by atoms with Crippen LogP contribution >= 0.6 is 31.9 Å². The first-order valence-electron chi connectivity index (χ1n) is 4.63. The van der Waals surface area contributed by atoms with Gasteiger partial charge in [-0.1, -0.05) is 19.8 Å². The summed E-state index contributed by atoms with van der Waals surface area (Å²) in [5.41, 5.74) is 0.979. The molecule has 0 aromatic carbocycles. The number of rotatable bonds is 4. The molecule has 0 saturated carbocycles. The van der Waals surface area contributed by atoms with E-state index < -0.39 is 0 Å². The fourth-order valence-corrected chi connectivity index (χ4v) is 1.99. The topological polar surface area (TPSA) is 26.3 Å². The van der Waals surface area contributed by atoms with Gasteiger partial charge in [0.1, 0.15) is 3.39 Å². The highest BCUT2D eigenvalue weighted by atomic mass is 79.9. The van der Waals surface area contributed by atoms with Gasteiger partial charge >= 0.3 is 5.97 Å². The van der Waals surface area contributed by atoms with Crippen LogP contribution in [0, 0.1) is 0 Å². The molecule has 1 heterocycles. The Morgan fingerprint density at radius 2 is 2.14 bits per heavy atom. The first-order valence-corrected chi connectivity index (χ1v) is 6.21. The molecule has 0 aliphatic carbocycles. The number of allylic oxidation sites excluding steroid dienone is 1. The molecule has 2 nitrogen and oxygen atoms in total. The Balaban J connectivity index is 2.61. The number of carbonyl (C=O) groups is 1. The van der Waals surface area contributed by atoms with Gasteiger partial charge in [-0.2, -0.15) is 0 Å². The number of carbonyl (C=O) groups excluding carboxylic acids is 1. The molecule has 0 saturated heterocycles. The summed E-state index contributed by atoms with van der Waals surface area (Å²) in [6, 6.07) is 0. The minimum atomic E-state index is -0.275. The number of esters is 1. The summed E-state index contributed by atoms with van der Waals surface area (Å²) in [6.07, 6.45) is 5.91. The van der Waals surface area contributed by atoms with Crippen molar-refractivity contribution in [1.29, 1.82) is 0 Å². The highest BCUT2D eigenvalue weighted by molar-refractivity contribution is 9.28. The van der Waals surface area contributed by atoms with E-state index in [1.807, 2.05) is 0 Å². The summed E-state index contributed by atoms with van der Waals surface area (Å²) in [6.45, 7) is 2.15. The zero-order valence-corrected chi connectivity index (χ0v) is 11.2. The molecule has 1 aliphatic rings. The fourth-order valence-electron chi connectivity index (χ4n) is 1.31. The van der Waals surface area contributed by atoms with Crippen LogP contribution in [-0.4, -0.2) is 5.97 Å². The van der Waals surface area contributed by atoms with Gasteiger partial charge in [-0.15, -0.1) is 0 Å². The molecule has 78 valence electrons. The normalized spacial score (nSPS) is 15.5. The lowest BCUT2D eigenvalue weighted by molar-refractivity contribution is -0.132. The molecular formula is C10H12Br2O2. The van der Waals surface area contributed by atoms with E-state index in [0.717, 1.165) is 18.4 Å². The van der Waals surface area contributed by atoms with Crippen LogP contribution in [0.15, 0.2) is 20.8 Å². The van der Waals surface area contributed by atoms with Crippen molar-refractivity contribution in [3.05, 3.63) is 20.8 Å². The van der Waals surface area contributed by atoms with Gasteiger partial charge in [0.15, 0.2) is 5.76 Å². The van der Waals surface area contributed by atoms with Crippen LogP contribution < -0.4 is 0 Å². The second-order valence-corrected chi connectivity index (χ2v) is 5.79. The van der Waals surface area contributed by atoms with Crippen LogP contribution in [-0.2, 0) is 9.53 Å². The van der Waals surface area contributed by atoms with Gasteiger partial charge in [0.05, 0.1) is 0 Å². The Morgan fingerprint density at radius 3 is 2.71 bits per heavy atom. The second kappa shape index (κ2) is 5.71. The molecule has 0 amide bonds. The maximum absolute atomic E-state index is 11.0. The first kappa shape index (κ1) is 12.0. The highest BCUT2D eigenvalue weighted by Crippen LogP contribution is 2.32. The molecule has 0 atom stereocenters. The molecule has 4 heteroatoms. The number of cyclic esters (lactones) is 1. The number of ether oxygens (including phenoxy) is 1. The van der Waals surface area contributed by atoms with E-state index in [9.17, 15) is 4.79 Å². The largest absolute Gasteiger partial charge is 0.421 e. The quantitative estimate of drug-likeness (QED) is 0.577. The van der Waals surface area contributed by atoms with E-state index in [-0.39, 0.29) is 5.97 Å². The maximum atomic E-state index is 11.0. The van der Waals surface area contributed by atoms with E-state index >= 15 is 0 Å². The van der Waals surface area contributed by atoms with Crippen molar-refractivity contribution in [2.75, 3.05) is 0 Å². The lowest BCUT2D eigenvalue weighted by atomic mass is 10.1. The minimum Gasteiger partial charge on any atom is -0.421 e. The molecule has 0 N–H and O–H groups in total. The Hall–Kier alpha value is -0.0900. The monoisotopic (exact) mass is 322 g/mol. The van der Waals surface area contributed by atoms with E-state index in [4.69, 9.17) is 4.74 Å². The Bertz CT molecular complexity index is 288. The van der Waals surface area contributed by atoms with Gasteiger partial charge < -0.3 is 4.74 Å². The van der Waals surface area contributed by atoms with Crippen LogP contribution in [0.1, 0.15) is 32.6 Å². The van der Waals surface area contributed by atoms with Gasteiger partial charge in [0.25, 0.3) is 0 Å². The Labute approximate surface area is 101 Å². The van der Waals surface area contributed by atoms with Gasteiger partial charge in [0.2, 0.25) is 0 Å². The number of hydrogen-bond donors (Lipinski definition) is 0. The summed E-state index contributed by atoms with van der Waals surface area (Å²) in [7, 11) is 0. The van der Waals surface area contributed by atoms with E-state index in [1.54, 1.807) is 6.08 Å². The predicted molar refractivity (Wildman–Crippen MR) is 63.2 cm³/mol. The van der Waals surface area contributed by atoms with Crippen molar-refractivity contribution in [3.8, 4) is 0 Å². The second-order valence-electron chi connectivity index (χ2n) is 3.14. The standard InChI is InChI=1S/C10H12Br2O2/c1-2-3-4-5-7-6-8(13)14-9(7)10(11)12/h6H,2-5H2,1H3. The lowest BCUT2D eigenvalue weighted by Crippen LogP contribution is -1.91. The first-order chi connectivity index (χ1) is 6.65. The summed E-state index contributed by atoms with van der Waals surface area (Å²) in [5.74, 6) is 0.356. The van der Waals surface area contributed by atoms with Gasteiger partial charge in [0, 0.05) is 11.6 Å². The zero-order chi connectivity index (χ0) is 10.6. The van der Waals surface area contributed by atoms with Gasteiger partial charge in [-0.25, -0.2) is 4.79 Å². The van der Waals surface area contributed by atoms with Crippen molar-refractivity contribution >= 4 is 37.8 Å². The fraction of sp³-hybridized carbons (Fsp3) is 0.500. The molecule has 0 bridgehead atoms. The predicted octanol–water partition coefficient (Wildman–Crippen LogP) is 4.01. The third-order valence-corrected chi connectivity index (χ3v) is 2.73. The minimum absolute atomic E-state index is 0.275. The summed E-state index contributed by atoms with van der Waals surface area (Å²) < 4.78 is 5.73. The molecule has 0 unspecified atom stereocenters. The van der Waals surface area contributed by atoms with Crippen molar-refractivity contribution in [2.24, 2.45) is 0 Å². The number of halogens is 2. The van der Waals surface area contributed by atoms with E-state index in [1.165, 1.54) is 12.8 Å². The van der Waals surface area contributed by atoms with Crippen molar-refractivity contribution in [1.82, 2.24) is 0 Å². The molecule has 1 aliphatic heterocycles. The molecule has 0 aromatic heterocycles. The average molecular weight is 324 g/mol. The molecule has 14 heavy (non-hydrogen) atoms. The Kier molecular flexibility index (Phi) is 4.89. The smallest absolute Gasteiger partial charge is 0.336 e. The van der Waals surface area contributed by atoms with Gasteiger partial charge in [-0.05, 0) is 44.7 Å². The van der Waals surface area contributed by atoms with Crippen molar-refractivity contribution in [2.45, 2.75) is 32.6 Å².